The number of unbranched alkanes of at least 4 members (excludes halogenated alkanes) is 2. The predicted octanol–water partition coefficient (Wildman–Crippen LogP) is 6.95. The van der Waals surface area contributed by atoms with Gasteiger partial charge in [0.05, 0.1) is 30.1 Å². The molecule has 0 saturated heterocycles. The van der Waals surface area contributed by atoms with Crippen LogP contribution in [0.25, 0.3) is 0 Å². The molecule has 2 aliphatic rings. The lowest BCUT2D eigenvalue weighted by molar-refractivity contribution is -0.119. The second kappa shape index (κ2) is 11.7. The molecule has 0 radical (unpaired) electrons. The molecule has 3 aromatic carbocycles. The van der Waals surface area contributed by atoms with Crippen LogP contribution in [-0.4, -0.2) is 24.8 Å². The van der Waals surface area contributed by atoms with Crippen LogP contribution in [-0.2, 0) is 14.3 Å². The first-order valence-corrected chi connectivity index (χ1v) is 13.7. The quantitative estimate of drug-likeness (QED) is 0.268. The summed E-state index contributed by atoms with van der Waals surface area (Å²) in [5.41, 5.74) is 5.35. The lowest BCUT2D eigenvalue weighted by Crippen LogP contribution is -2.38. The number of ketones is 1. The molecule has 1 aliphatic carbocycles. The Kier molecular flexibility index (Phi) is 7.92. The maximum Gasteiger partial charge on any atom is 0.337 e. The maximum atomic E-state index is 14.0. The first-order chi connectivity index (χ1) is 19.0. The SMILES string of the molecule is CCCCCC(=O)N1c2ccccc2NC2=C(C(=O)C[C@@H](c3ccccc3)C2)[C@H]1c1ccc(C(=O)OC)cc1. The van der Waals surface area contributed by atoms with E-state index in [0.29, 0.717) is 30.4 Å². The van der Waals surface area contributed by atoms with Crippen LogP contribution in [0.2, 0.25) is 0 Å². The van der Waals surface area contributed by atoms with Gasteiger partial charge in [0.1, 0.15) is 0 Å². The molecule has 0 bridgehead atoms. The Morgan fingerprint density at radius 3 is 2.33 bits per heavy atom. The standard InChI is InChI=1S/C33H34N2O4/c1-3-4-6-15-30(37)35-28-14-10-9-13-26(28)34-27-20-25(22-11-7-5-8-12-22)21-29(36)31(27)32(35)23-16-18-24(19-17-23)33(38)39-2/h5,7-14,16-19,25,32,34H,3-4,6,15,20-21H2,1-2H3/t25-,32+/m0/s1. The van der Waals surface area contributed by atoms with E-state index in [0.717, 1.165) is 47.5 Å². The topological polar surface area (TPSA) is 75.7 Å². The summed E-state index contributed by atoms with van der Waals surface area (Å²) in [5.74, 6) is -0.377. The van der Waals surface area contributed by atoms with Gasteiger partial charge in [0.25, 0.3) is 0 Å². The summed E-state index contributed by atoms with van der Waals surface area (Å²) in [6.07, 6.45) is 4.18. The number of amides is 1. The zero-order chi connectivity index (χ0) is 27.4. The summed E-state index contributed by atoms with van der Waals surface area (Å²) in [7, 11) is 1.35. The number of nitrogens with one attached hydrogen (secondary N) is 1. The molecular weight excluding hydrogens is 488 g/mol. The molecule has 2 atom stereocenters. The lowest BCUT2D eigenvalue weighted by Gasteiger charge is -2.35. The van der Waals surface area contributed by atoms with Gasteiger partial charge in [-0.3, -0.25) is 14.5 Å². The van der Waals surface area contributed by atoms with Crippen molar-refractivity contribution < 1.29 is 19.1 Å². The number of allylic oxidation sites excluding steroid dienone is 1. The Bertz CT molecular complexity index is 1390. The van der Waals surface area contributed by atoms with Crippen molar-refractivity contribution in [3.63, 3.8) is 0 Å². The van der Waals surface area contributed by atoms with Crippen molar-refractivity contribution in [2.24, 2.45) is 0 Å². The maximum absolute atomic E-state index is 14.0. The summed E-state index contributed by atoms with van der Waals surface area (Å²) < 4.78 is 4.88. The van der Waals surface area contributed by atoms with Crippen molar-refractivity contribution in [2.75, 3.05) is 17.3 Å². The highest BCUT2D eigenvalue weighted by molar-refractivity contribution is 6.06. The molecule has 39 heavy (non-hydrogen) atoms. The van der Waals surface area contributed by atoms with Gasteiger partial charge in [0.15, 0.2) is 5.78 Å². The summed E-state index contributed by atoms with van der Waals surface area (Å²) >= 11 is 0. The van der Waals surface area contributed by atoms with Gasteiger partial charge in [-0.2, -0.15) is 0 Å². The van der Waals surface area contributed by atoms with Gasteiger partial charge < -0.3 is 10.1 Å². The van der Waals surface area contributed by atoms with Gasteiger partial charge in [-0.1, -0.05) is 74.4 Å². The number of hydrogen-bond acceptors (Lipinski definition) is 5. The summed E-state index contributed by atoms with van der Waals surface area (Å²) in [5, 5.41) is 3.57. The van der Waals surface area contributed by atoms with Gasteiger partial charge in [-0.15, -0.1) is 0 Å². The number of benzene rings is 3. The van der Waals surface area contributed by atoms with Crippen molar-refractivity contribution in [3.8, 4) is 0 Å². The summed E-state index contributed by atoms with van der Waals surface area (Å²) in [6.45, 7) is 2.11. The third-order valence-electron chi connectivity index (χ3n) is 7.67. The first kappa shape index (κ1) is 26.4. The second-order valence-corrected chi connectivity index (χ2v) is 10.2. The van der Waals surface area contributed by atoms with Gasteiger partial charge in [0.2, 0.25) is 5.91 Å². The summed E-state index contributed by atoms with van der Waals surface area (Å²) in [6, 6.07) is 24.3. The van der Waals surface area contributed by atoms with Crippen LogP contribution >= 0.6 is 0 Å². The van der Waals surface area contributed by atoms with Crippen LogP contribution in [0.1, 0.15) is 78.9 Å². The number of anilines is 2. The third-order valence-corrected chi connectivity index (χ3v) is 7.67. The lowest BCUT2D eigenvalue weighted by atomic mass is 9.78. The Morgan fingerprint density at radius 2 is 1.62 bits per heavy atom. The molecule has 3 aromatic rings. The number of esters is 1. The largest absolute Gasteiger partial charge is 0.465 e. The molecule has 6 heteroatoms. The van der Waals surface area contributed by atoms with E-state index in [1.807, 2.05) is 54.6 Å². The van der Waals surface area contributed by atoms with Crippen LogP contribution < -0.4 is 10.2 Å². The number of hydrogen-bond donors (Lipinski definition) is 1. The van der Waals surface area contributed by atoms with Crippen molar-refractivity contribution in [2.45, 2.75) is 57.4 Å². The molecule has 0 unspecified atom stereocenters. The number of methoxy groups -OCH3 is 1. The predicted molar refractivity (Wildman–Crippen MR) is 153 cm³/mol. The molecule has 1 amide bonds. The number of para-hydroxylation sites is 2. The number of nitrogens with zero attached hydrogens (tertiary/aromatic N) is 1. The Balaban J connectivity index is 1.66. The van der Waals surface area contributed by atoms with Gasteiger partial charge >= 0.3 is 5.97 Å². The van der Waals surface area contributed by atoms with Gasteiger partial charge in [0, 0.05) is 24.1 Å². The molecule has 5 rings (SSSR count). The highest BCUT2D eigenvalue weighted by Crippen LogP contribution is 2.47. The van der Waals surface area contributed by atoms with Crippen molar-refractivity contribution in [1.29, 1.82) is 0 Å². The summed E-state index contributed by atoms with van der Waals surface area (Å²) in [4.78, 5) is 41.9. The first-order valence-electron chi connectivity index (χ1n) is 13.7. The minimum Gasteiger partial charge on any atom is -0.465 e. The highest BCUT2D eigenvalue weighted by atomic mass is 16.5. The fourth-order valence-electron chi connectivity index (χ4n) is 5.71. The second-order valence-electron chi connectivity index (χ2n) is 10.2. The monoisotopic (exact) mass is 522 g/mol. The Hall–Kier alpha value is -4.19. The molecule has 1 aliphatic heterocycles. The zero-order valence-corrected chi connectivity index (χ0v) is 22.5. The number of Topliss-reactive ketones (excluding diaryl/α,β-unsaturated/α-hetero) is 1. The fourth-order valence-corrected chi connectivity index (χ4v) is 5.71. The molecule has 1 N–H and O–H groups in total. The van der Waals surface area contributed by atoms with Crippen LogP contribution in [0.3, 0.4) is 0 Å². The van der Waals surface area contributed by atoms with Gasteiger partial charge in [-0.25, -0.2) is 4.79 Å². The van der Waals surface area contributed by atoms with E-state index in [1.165, 1.54) is 7.11 Å². The molecule has 6 nitrogen and oxygen atoms in total. The van der Waals surface area contributed by atoms with E-state index in [4.69, 9.17) is 4.74 Å². The van der Waals surface area contributed by atoms with E-state index in [2.05, 4.69) is 24.4 Å². The number of carbonyl (C=O) groups is 3. The Labute approximate surface area is 229 Å². The zero-order valence-electron chi connectivity index (χ0n) is 22.5. The molecule has 1 heterocycles. The van der Waals surface area contributed by atoms with Crippen LogP contribution in [0.4, 0.5) is 11.4 Å². The molecule has 200 valence electrons. The van der Waals surface area contributed by atoms with E-state index < -0.39 is 12.0 Å². The fraction of sp³-hybridized carbons (Fsp3) is 0.303. The average molecular weight is 523 g/mol. The molecule has 0 saturated carbocycles. The smallest absolute Gasteiger partial charge is 0.337 e. The van der Waals surface area contributed by atoms with E-state index in [9.17, 15) is 14.4 Å². The normalized spacial score (nSPS) is 18.5. The van der Waals surface area contributed by atoms with E-state index in [1.54, 1.807) is 17.0 Å². The number of rotatable bonds is 7. The number of ether oxygens (including phenoxy) is 1. The van der Waals surface area contributed by atoms with Crippen molar-refractivity contribution in [3.05, 3.63) is 107 Å². The molecule has 0 spiro atoms. The molecular formula is C33H34N2O4. The molecule has 0 aromatic heterocycles. The number of fused-ring (bicyclic) bond motifs is 1. The van der Waals surface area contributed by atoms with Crippen LogP contribution in [0, 0.1) is 0 Å². The average Bonchev–Trinajstić information content (AvgIpc) is 3.12. The minimum absolute atomic E-state index is 0.0218. The molecule has 0 fully saturated rings. The third kappa shape index (κ3) is 5.37. The van der Waals surface area contributed by atoms with Crippen LogP contribution in [0.15, 0.2) is 90.1 Å². The Morgan fingerprint density at radius 1 is 0.897 bits per heavy atom. The van der Waals surface area contributed by atoms with Gasteiger partial charge in [-0.05, 0) is 54.2 Å². The van der Waals surface area contributed by atoms with E-state index in [-0.39, 0.29) is 17.6 Å². The van der Waals surface area contributed by atoms with Crippen LogP contribution in [0.5, 0.6) is 0 Å². The minimum atomic E-state index is -0.610. The van der Waals surface area contributed by atoms with Crippen molar-refractivity contribution >= 4 is 29.0 Å². The van der Waals surface area contributed by atoms with Crippen molar-refractivity contribution in [1.82, 2.24) is 0 Å². The van der Waals surface area contributed by atoms with E-state index >= 15 is 0 Å². The highest BCUT2D eigenvalue weighted by Gasteiger charge is 2.41. The number of carbonyl (C=O) groups excluding carboxylic acids is 3.